The minimum atomic E-state index is 0.625. The molecule has 1 unspecified atom stereocenters. The fourth-order valence-electron chi connectivity index (χ4n) is 3.56. The number of aryl methyl sites for hydroxylation is 1. The van der Waals surface area contributed by atoms with E-state index in [1.807, 2.05) is 6.92 Å². The maximum absolute atomic E-state index is 5.50. The van der Waals surface area contributed by atoms with E-state index in [1.165, 1.54) is 44.9 Å². The molecule has 2 saturated carbocycles. The number of nitrogens with zero attached hydrogens (tertiary/aromatic N) is 1. The lowest BCUT2D eigenvalue weighted by Gasteiger charge is -2.52. The Bertz CT molecular complexity index is 379. The van der Waals surface area contributed by atoms with Crippen LogP contribution in [-0.4, -0.2) is 11.0 Å². The van der Waals surface area contributed by atoms with Crippen LogP contribution in [0.25, 0.3) is 0 Å². The molecule has 0 aliphatic heterocycles. The first-order valence-electron chi connectivity index (χ1n) is 6.93. The van der Waals surface area contributed by atoms with Crippen LogP contribution in [0.5, 0.6) is 0 Å². The lowest BCUT2D eigenvalue weighted by Crippen LogP contribution is -2.54. The molecule has 1 aromatic heterocycles. The second-order valence-corrected chi connectivity index (χ2v) is 5.76. The van der Waals surface area contributed by atoms with Gasteiger partial charge in [-0.15, -0.1) is 0 Å². The van der Waals surface area contributed by atoms with E-state index >= 15 is 0 Å². The van der Waals surface area contributed by atoms with Crippen molar-refractivity contribution in [3.8, 4) is 0 Å². The summed E-state index contributed by atoms with van der Waals surface area (Å²) in [6, 6.07) is 0.704. The van der Waals surface area contributed by atoms with Gasteiger partial charge in [0.1, 0.15) is 5.76 Å². The van der Waals surface area contributed by atoms with Gasteiger partial charge in [0.15, 0.2) is 0 Å². The summed E-state index contributed by atoms with van der Waals surface area (Å²) in [6.45, 7) is 2.74. The predicted octanol–water partition coefficient (Wildman–Crippen LogP) is 3.19. The lowest BCUT2D eigenvalue weighted by molar-refractivity contribution is 0.0209. The van der Waals surface area contributed by atoms with Crippen LogP contribution in [0.4, 0.5) is 0 Å². The Labute approximate surface area is 103 Å². The molecular weight excluding hydrogens is 212 g/mol. The van der Waals surface area contributed by atoms with Gasteiger partial charge in [-0.3, -0.25) is 0 Å². The van der Waals surface area contributed by atoms with Crippen LogP contribution < -0.4 is 5.32 Å². The molecule has 0 bridgehead atoms. The minimum absolute atomic E-state index is 0.625. The Morgan fingerprint density at radius 2 is 2.18 bits per heavy atom. The molecule has 3 rings (SSSR count). The molecule has 1 atom stereocenters. The maximum atomic E-state index is 5.50. The van der Waals surface area contributed by atoms with Gasteiger partial charge in [0, 0.05) is 6.04 Å². The maximum Gasteiger partial charge on any atom is 0.208 e. The smallest absolute Gasteiger partial charge is 0.208 e. The third kappa shape index (κ3) is 2.13. The molecule has 1 N–H and O–H groups in total. The molecule has 0 saturated heterocycles. The molecule has 0 radical (unpaired) electrons. The molecule has 1 heterocycles. The normalized spacial score (nSPS) is 27.0. The first kappa shape index (κ1) is 11.3. The van der Waals surface area contributed by atoms with Crippen LogP contribution in [0.15, 0.2) is 10.6 Å². The van der Waals surface area contributed by atoms with Crippen molar-refractivity contribution < 1.29 is 4.42 Å². The number of hydrogen-bond acceptors (Lipinski definition) is 3. The Balaban J connectivity index is 1.55. The highest BCUT2D eigenvalue weighted by Crippen LogP contribution is 2.51. The summed E-state index contributed by atoms with van der Waals surface area (Å²) < 4.78 is 5.50. The van der Waals surface area contributed by atoms with Crippen LogP contribution in [0.3, 0.4) is 0 Å². The molecule has 3 heteroatoms. The van der Waals surface area contributed by atoms with Gasteiger partial charge in [0.05, 0.1) is 12.7 Å². The van der Waals surface area contributed by atoms with Gasteiger partial charge >= 0.3 is 0 Å². The minimum Gasteiger partial charge on any atom is -0.445 e. The molecule has 0 aromatic carbocycles. The first-order chi connectivity index (χ1) is 8.28. The standard InChI is InChI=1S/C14H22N2O/c1-11-9-16-13(17-11)10-15-12-5-8-14(12)6-3-2-4-7-14/h9,12,15H,2-8,10H2,1H3. The second kappa shape index (κ2) is 4.45. The summed E-state index contributed by atoms with van der Waals surface area (Å²) in [5, 5.41) is 3.65. The van der Waals surface area contributed by atoms with Gasteiger partial charge in [0.2, 0.25) is 5.89 Å². The third-order valence-corrected chi connectivity index (χ3v) is 4.69. The zero-order valence-electron chi connectivity index (χ0n) is 10.7. The van der Waals surface area contributed by atoms with Crippen molar-refractivity contribution >= 4 is 0 Å². The summed E-state index contributed by atoms with van der Waals surface area (Å²) in [7, 11) is 0. The van der Waals surface area contributed by atoms with Crippen molar-refractivity contribution in [1.82, 2.24) is 10.3 Å². The zero-order chi connectivity index (χ0) is 11.7. The Morgan fingerprint density at radius 3 is 2.76 bits per heavy atom. The van der Waals surface area contributed by atoms with E-state index in [2.05, 4.69) is 10.3 Å². The second-order valence-electron chi connectivity index (χ2n) is 5.76. The van der Waals surface area contributed by atoms with Crippen molar-refractivity contribution in [3.05, 3.63) is 17.8 Å². The number of hydrogen-bond donors (Lipinski definition) is 1. The molecule has 2 aliphatic carbocycles. The van der Waals surface area contributed by atoms with E-state index in [1.54, 1.807) is 6.20 Å². The number of rotatable bonds is 3. The highest BCUT2D eigenvalue weighted by atomic mass is 16.4. The summed E-state index contributed by atoms with van der Waals surface area (Å²) in [5.74, 6) is 1.74. The van der Waals surface area contributed by atoms with Crippen molar-refractivity contribution in [2.24, 2.45) is 5.41 Å². The highest BCUT2D eigenvalue weighted by molar-refractivity contribution is 5.02. The van der Waals surface area contributed by atoms with Gasteiger partial charge in [0.25, 0.3) is 0 Å². The first-order valence-corrected chi connectivity index (χ1v) is 6.93. The SMILES string of the molecule is Cc1cnc(CNC2CCC23CCCCC3)o1. The van der Waals surface area contributed by atoms with Gasteiger partial charge in [-0.2, -0.15) is 0 Å². The van der Waals surface area contributed by atoms with Crippen LogP contribution in [0.1, 0.15) is 56.6 Å². The molecule has 1 spiro atoms. The van der Waals surface area contributed by atoms with Crippen molar-refractivity contribution in [2.45, 2.75) is 64.5 Å². The fourth-order valence-corrected chi connectivity index (χ4v) is 3.56. The third-order valence-electron chi connectivity index (χ3n) is 4.69. The quantitative estimate of drug-likeness (QED) is 0.873. The summed E-state index contributed by atoms with van der Waals surface area (Å²) in [5.41, 5.74) is 0.625. The topological polar surface area (TPSA) is 38.1 Å². The van der Waals surface area contributed by atoms with E-state index in [9.17, 15) is 0 Å². The van der Waals surface area contributed by atoms with Crippen molar-refractivity contribution in [2.75, 3.05) is 0 Å². The van der Waals surface area contributed by atoms with E-state index < -0.39 is 0 Å². The van der Waals surface area contributed by atoms with Gasteiger partial charge in [-0.25, -0.2) is 4.98 Å². The lowest BCUT2D eigenvalue weighted by atomic mass is 9.57. The average molecular weight is 234 g/mol. The Morgan fingerprint density at radius 1 is 1.35 bits per heavy atom. The van der Waals surface area contributed by atoms with E-state index in [4.69, 9.17) is 4.42 Å². The molecule has 1 aromatic rings. The Kier molecular flexibility index (Phi) is 2.95. The molecule has 2 aliphatic rings. The number of oxazole rings is 1. The largest absolute Gasteiger partial charge is 0.445 e. The zero-order valence-corrected chi connectivity index (χ0v) is 10.7. The molecule has 17 heavy (non-hydrogen) atoms. The van der Waals surface area contributed by atoms with Gasteiger partial charge < -0.3 is 9.73 Å². The molecule has 2 fully saturated rings. The van der Waals surface area contributed by atoms with Crippen LogP contribution in [0.2, 0.25) is 0 Å². The van der Waals surface area contributed by atoms with E-state index in [0.717, 1.165) is 18.2 Å². The number of aromatic nitrogens is 1. The predicted molar refractivity (Wildman–Crippen MR) is 66.6 cm³/mol. The van der Waals surface area contributed by atoms with Crippen LogP contribution >= 0.6 is 0 Å². The molecule has 94 valence electrons. The monoisotopic (exact) mass is 234 g/mol. The van der Waals surface area contributed by atoms with Crippen LogP contribution in [0, 0.1) is 12.3 Å². The summed E-state index contributed by atoms with van der Waals surface area (Å²) in [4.78, 5) is 4.25. The average Bonchev–Trinajstić information content (AvgIpc) is 2.75. The molecule has 3 nitrogen and oxygen atoms in total. The fraction of sp³-hybridized carbons (Fsp3) is 0.786. The molecule has 0 amide bonds. The van der Waals surface area contributed by atoms with E-state index in [0.29, 0.717) is 11.5 Å². The Hall–Kier alpha value is -0.830. The van der Waals surface area contributed by atoms with E-state index in [-0.39, 0.29) is 0 Å². The van der Waals surface area contributed by atoms with Crippen molar-refractivity contribution in [1.29, 1.82) is 0 Å². The number of nitrogens with one attached hydrogen (secondary N) is 1. The van der Waals surface area contributed by atoms with Gasteiger partial charge in [-0.1, -0.05) is 19.3 Å². The summed E-state index contributed by atoms with van der Waals surface area (Å²) >= 11 is 0. The highest BCUT2D eigenvalue weighted by Gasteiger charge is 2.46. The van der Waals surface area contributed by atoms with Gasteiger partial charge in [-0.05, 0) is 38.0 Å². The molecular formula is C14H22N2O. The van der Waals surface area contributed by atoms with Crippen molar-refractivity contribution in [3.63, 3.8) is 0 Å². The van der Waals surface area contributed by atoms with Crippen LogP contribution in [-0.2, 0) is 6.54 Å². The summed E-state index contributed by atoms with van der Waals surface area (Å²) in [6.07, 6.45) is 11.7.